The van der Waals surface area contributed by atoms with E-state index in [0.717, 1.165) is 24.8 Å². The average Bonchev–Trinajstić information content (AvgIpc) is 2.42. The normalized spacial score (nSPS) is 9.95. The first kappa shape index (κ1) is 15.0. The Hall–Kier alpha value is -2.04. The van der Waals surface area contributed by atoms with Gasteiger partial charge in [-0.3, -0.25) is 0 Å². The van der Waals surface area contributed by atoms with Crippen LogP contribution in [0.4, 0.5) is 4.79 Å². The van der Waals surface area contributed by atoms with Gasteiger partial charge in [-0.2, -0.15) is 0 Å². The molecule has 0 aliphatic carbocycles. The molecule has 5 heteroatoms. The van der Waals surface area contributed by atoms with E-state index in [1.807, 2.05) is 12.1 Å². The Balaban J connectivity index is 2.37. The third-order valence-corrected chi connectivity index (χ3v) is 2.74. The zero-order valence-corrected chi connectivity index (χ0v) is 10.9. The van der Waals surface area contributed by atoms with Gasteiger partial charge >= 0.3 is 12.1 Å². The van der Waals surface area contributed by atoms with E-state index in [1.54, 1.807) is 12.1 Å². The van der Waals surface area contributed by atoms with Crippen LogP contribution in [0.15, 0.2) is 24.3 Å². The van der Waals surface area contributed by atoms with Gasteiger partial charge < -0.3 is 14.6 Å². The first-order valence-electron chi connectivity index (χ1n) is 6.17. The Morgan fingerprint density at radius 2 is 1.89 bits per heavy atom. The second kappa shape index (κ2) is 8.13. The maximum absolute atomic E-state index is 11.5. The molecule has 1 aromatic carbocycles. The monoisotopic (exact) mass is 266 g/mol. The van der Waals surface area contributed by atoms with Crippen LogP contribution in [0.1, 0.15) is 35.2 Å². The van der Waals surface area contributed by atoms with Crippen LogP contribution < -0.4 is 0 Å². The van der Waals surface area contributed by atoms with Gasteiger partial charge in [-0.05, 0) is 37.3 Å². The van der Waals surface area contributed by atoms with Crippen molar-refractivity contribution in [3.63, 3.8) is 0 Å². The quantitative estimate of drug-likeness (QED) is 0.606. The summed E-state index contributed by atoms with van der Waals surface area (Å²) in [7, 11) is 1.36. The van der Waals surface area contributed by atoms with Crippen LogP contribution in [0, 0.1) is 0 Å². The number of ether oxygens (including phenoxy) is 2. The standard InChI is InChI=1S/C14H18O5/c1-18-13(15)12-9-5-4-8-11(12)7-3-2-6-10-19-14(16)17/h4-5,8-9H,2-3,6-7,10H2,1H3,(H,16,17). The maximum atomic E-state index is 11.5. The number of benzene rings is 1. The molecule has 0 spiro atoms. The molecule has 0 saturated heterocycles. The minimum absolute atomic E-state index is 0.216. The molecule has 0 radical (unpaired) electrons. The number of carbonyl (C=O) groups is 2. The first-order valence-corrected chi connectivity index (χ1v) is 6.17. The zero-order valence-electron chi connectivity index (χ0n) is 10.9. The van der Waals surface area contributed by atoms with Gasteiger partial charge in [0.25, 0.3) is 0 Å². The molecule has 0 unspecified atom stereocenters. The molecule has 1 aromatic rings. The van der Waals surface area contributed by atoms with Crippen LogP contribution in [-0.4, -0.2) is 30.9 Å². The van der Waals surface area contributed by atoms with Gasteiger partial charge in [-0.1, -0.05) is 18.2 Å². The van der Waals surface area contributed by atoms with E-state index in [9.17, 15) is 9.59 Å². The third kappa shape index (κ3) is 5.42. The number of esters is 1. The largest absolute Gasteiger partial charge is 0.505 e. The van der Waals surface area contributed by atoms with E-state index in [0.29, 0.717) is 12.0 Å². The summed E-state index contributed by atoms with van der Waals surface area (Å²) in [6, 6.07) is 7.33. The number of carboxylic acid groups (broad SMARTS) is 1. The average molecular weight is 266 g/mol. The highest BCUT2D eigenvalue weighted by Gasteiger charge is 2.10. The smallest absolute Gasteiger partial charge is 0.465 e. The molecule has 104 valence electrons. The first-order chi connectivity index (χ1) is 9.15. The molecule has 0 aromatic heterocycles. The Morgan fingerprint density at radius 1 is 1.16 bits per heavy atom. The van der Waals surface area contributed by atoms with Crippen molar-refractivity contribution in [3.8, 4) is 0 Å². The molecule has 5 nitrogen and oxygen atoms in total. The second-order valence-corrected chi connectivity index (χ2v) is 4.07. The van der Waals surface area contributed by atoms with Gasteiger partial charge in [0.1, 0.15) is 0 Å². The molecule has 0 aliphatic heterocycles. The summed E-state index contributed by atoms with van der Waals surface area (Å²) in [4.78, 5) is 21.7. The van der Waals surface area contributed by atoms with Gasteiger partial charge in [0.15, 0.2) is 0 Å². The molecule has 1 N–H and O–H groups in total. The summed E-state index contributed by atoms with van der Waals surface area (Å²) in [6.45, 7) is 0.216. The molecule has 0 heterocycles. The fraction of sp³-hybridized carbons (Fsp3) is 0.429. The van der Waals surface area contributed by atoms with Crippen LogP contribution in [0.25, 0.3) is 0 Å². The predicted octanol–water partition coefficient (Wildman–Crippen LogP) is 2.88. The van der Waals surface area contributed by atoms with Gasteiger partial charge in [0.2, 0.25) is 0 Å². The van der Waals surface area contributed by atoms with Gasteiger partial charge in [-0.15, -0.1) is 0 Å². The highest BCUT2D eigenvalue weighted by molar-refractivity contribution is 5.90. The van der Waals surface area contributed by atoms with E-state index in [4.69, 9.17) is 9.84 Å². The lowest BCUT2D eigenvalue weighted by Crippen LogP contribution is -2.06. The summed E-state index contributed by atoms with van der Waals surface area (Å²) in [6.07, 6.45) is 1.93. The highest BCUT2D eigenvalue weighted by atomic mass is 16.7. The number of aryl methyl sites for hydroxylation is 1. The van der Waals surface area contributed by atoms with Crippen molar-refractivity contribution in [2.24, 2.45) is 0 Å². The van der Waals surface area contributed by atoms with Crippen LogP contribution in [0.2, 0.25) is 0 Å². The Bertz CT molecular complexity index is 428. The van der Waals surface area contributed by atoms with Crippen LogP contribution in [-0.2, 0) is 15.9 Å². The van der Waals surface area contributed by atoms with Crippen molar-refractivity contribution >= 4 is 12.1 Å². The molecular weight excluding hydrogens is 248 g/mol. The van der Waals surface area contributed by atoms with E-state index in [-0.39, 0.29) is 12.6 Å². The van der Waals surface area contributed by atoms with Crippen LogP contribution in [0.3, 0.4) is 0 Å². The van der Waals surface area contributed by atoms with Gasteiger partial charge in [0, 0.05) is 0 Å². The lowest BCUT2D eigenvalue weighted by Gasteiger charge is -2.07. The van der Waals surface area contributed by atoms with Crippen molar-refractivity contribution in [2.75, 3.05) is 13.7 Å². The Morgan fingerprint density at radius 3 is 2.58 bits per heavy atom. The molecule has 0 amide bonds. The van der Waals surface area contributed by atoms with Crippen molar-refractivity contribution in [1.82, 2.24) is 0 Å². The van der Waals surface area contributed by atoms with E-state index >= 15 is 0 Å². The number of methoxy groups -OCH3 is 1. The van der Waals surface area contributed by atoms with E-state index < -0.39 is 6.16 Å². The predicted molar refractivity (Wildman–Crippen MR) is 69.3 cm³/mol. The Kier molecular flexibility index (Phi) is 6.43. The van der Waals surface area contributed by atoms with Crippen molar-refractivity contribution < 1.29 is 24.2 Å². The number of unbranched alkanes of at least 4 members (excludes halogenated alkanes) is 2. The molecular formula is C14H18O5. The fourth-order valence-corrected chi connectivity index (χ4v) is 1.80. The Labute approximate surface area is 112 Å². The summed E-state index contributed by atoms with van der Waals surface area (Å²) in [5.41, 5.74) is 1.54. The third-order valence-electron chi connectivity index (χ3n) is 2.74. The lowest BCUT2D eigenvalue weighted by molar-refractivity contribution is 0.0599. The van der Waals surface area contributed by atoms with Gasteiger partial charge in [0.05, 0.1) is 19.3 Å². The number of carbonyl (C=O) groups excluding carboxylic acids is 1. The molecule has 0 saturated carbocycles. The van der Waals surface area contributed by atoms with Crippen LogP contribution in [0.5, 0.6) is 0 Å². The van der Waals surface area contributed by atoms with Gasteiger partial charge in [-0.25, -0.2) is 9.59 Å². The van der Waals surface area contributed by atoms with Crippen molar-refractivity contribution in [1.29, 1.82) is 0 Å². The van der Waals surface area contributed by atoms with E-state index in [2.05, 4.69) is 4.74 Å². The summed E-state index contributed by atoms with van der Waals surface area (Å²) in [5.74, 6) is -0.329. The summed E-state index contributed by atoms with van der Waals surface area (Å²) in [5, 5.41) is 8.30. The molecule has 1 rings (SSSR count). The number of rotatable bonds is 7. The molecule has 0 aliphatic rings. The van der Waals surface area contributed by atoms with Crippen molar-refractivity contribution in [2.45, 2.75) is 25.7 Å². The minimum Gasteiger partial charge on any atom is -0.465 e. The van der Waals surface area contributed by atoms with E-state index in [1.165, 1.54) is 7.11 Å². The van der Waals surface area contributed by atoms with Crippen molar-refractivity contribution in [3.05, 3.63) is 35.4 Å². The number of hydrogen-bond donors (Lipinski definition) is 1. The zero-order chi connectivity index (χ0) is 14.1. The molecule has 19 heavy (non-hydrogen) atoms. The fourth-order valence-electron chi connectivity index (χ4n) is 1.80. The topological polar surface area (TPSA) is 72.8 Å². The van der Waals surface area contributed by atoms with Crippen LogP contribution >= 0.6 is 0 Å². The summed E-state index contributed by atoms with van der Waals surface area (Å²) < 4.78 is 9.14. The molecule has 0 fully saturated rings. The SMILES string of the molecule is COC(=O)c1ccccc1CCCCCOC(=O)O. The number of hydrogen-bond acceptors (Lipinski definition) is 4. The highest BCUT2D eigenvalue weighted by Crippen LogP contribution is 2.13. The maximum Gasteiger partial charge on any atom is 0.505 e. The second-order valence-electron chi connectivity index (χ2n) is 4.07. The molecule has 0 bridgehead atoms. The summed E-state index contributed by atoms with van der Waals surface area (Å²) >= 11 is 0. The minimum atomic E-state index is -1.24. The lowest BCUT2D eigenvalue weighted by atomic mass is 10.0. The molecule has 0 atom stereocenters.